The van der Waals surface area contributed by atoms with E-state index in [0.717, 1.165) is 49.8 Å². The highest BCUT2D eigenvalue weighted by atomic mass is 16.3. The molecule has 3 heteroatoms. The van der Waals surface area contributed by atoms with Gasteiger partial charge in [-0.05, 0) is 53.8 Å². The molecule has 0 radical (unpaired) electrons. The van der Waals surface area contributed by atoms with Crippen molar-refractivity contribution in [2.45, 2.75) is 38.7 Å². The molecule has 0 spiro atoms. The molecule has 1 aliphatic rings. The minimum absolute atomic E-state index is 0.0269. The molecule has 45 heavy (non-hydrogen) atoms. The second kappa shape index (κ2) is 9.95. The Morgan fingerprint density at radius 1 is 0.489 bits per heavy atom. The van der Waals surface area contributed by atoms with Crippen molar-refractivity contribution in [1.82, 2.24) is 0 Å². The van der Waals surface area contributed by atoms with Crippen molar-refractivity contribution in [1.29, 1.82) is 0 Å². The summed E-state index contributed by atoms with van der Waals surface area (Å²) in [5.74, 6) is 0. The molecule has 0 bridgehead atoms. The average Bonchev–Trinajstić information content (AvgIpc) is 3.69. The summed E-state index contributed by atoms with van der Waals surface area (Å²) in [6.45, 7) is 8.22. The number of furan rings is 2. The summed E-state index contributed by atoms with van der Waals surface area (Å²) >= 11 is 0. The lowest BCUT2D eigenvalue weighted by molar-refractivity contribution is 0.0792. The molecule has 2 heterocycles. The predicted molar refractivity (Wildman–Crippen MR) is 186 cm³/mol. The molecule has 3 nitrogen and oxygen atoms in total. The van der Waals surface area contributed by atoms with Gasteiger partial charge < -0.3 is 13.9 Å². The summed E-state index contributed by atoms with van der Waals surface area (Å²) in [6, 6.07) is 43.7. The number of aliphatic hydroxyl groups is 1. The van der Waals surface area contributed by atoms with Crippen LogP contribution in [0.5, 0.6) is 0 Å². The van der Waals surface area contributed by atoms with E-state index in [2.05, 4.69) is 80.6 Å². The maximum atomic E-state index is 10.5. The molecule has 0 saturated carbocycles. The van der Waals surface area contributed by atoms with Crippen LogP contribution in [0.2, 0.25) is 0 Å². The van der Waals surface area contributed by atoms with Gasteiger partial charge in [0.05, 0.1) is 5.60 Å². The zero-order valence-electron chi connectivity index (χ0n) is 25.9. The van der Waals surface area contributed by atoms with Gasteiger partial charge in [-0.15, -0.1) is 0 Å². The van der Waals surface area contributed by atoms with Crippen molar-refractivity contribution in [3.05, 3.63) is 144 Å². The molecule has 6 aromatic carbocycles. The second-order valence-corrected chi connectivity index (χ2v) is 13.0. The zero-order chi connectivity index (χ0) is 30.9. The van der Waals surface area contributed by atoms with Crippen LogP contribution in [0.3, 0.4) is 0 Å². The largest absolute Gasteiger partial charge is 0.455 e. The minimum Gasteiger partial charge on any atom is -0.455 e. The Labute approximate surface area is 262 Å². The molecule has 1 aliphatic carbocycles. The first-order chi connectivity index (χ1) is 21.7. The standard InChI is InChI=1S/C21H18O2.C21H16O/c1-21(2,22)18-12-5-3-8-14(18)16-10-7-11-17-15-9-4-6-13-19(15)23-20(16)17;1-21(2)16-9-5-3-8-15(16)19-17(21)12-11-14-13-7-4-6-10-18(13)22-20(14)19/h3-13,22H,1-2H3;3-12H,1-2H3. The molecule has 0 atom stereocenters. The van der Waals surface area contributed by atoms with E-state index in [1.54, 1.807) is 0 Å². The van der Waals surface area contributed by atoms with Gasteiger partial charge >= 0.3 is 0 Å². The molecule has 2 aromatic heterocycles. The maximum Gasteiger partial charge on any atom is 0.143 e. The van der Waals surface area contributed by atoms with Crippen molar-refractivity contribution in [2.75, 3.05) is 0 Å². The molecule has 9 rings (SSSR count). The predicted octanol–water partition coefficient (Wildman–Crippen LogP) is 11.4. The Kier molecular flexibility index (Phi) is 6.07. The van der Waals surface area contributed by atoms with Crippen molar-refractivity contribution >= 4 is 43.9 Å². The highest BCUT2D eigenvalue weighted by Crippen LogP contribution is 2.52. The Hall–Kier alpha value is -5.12. The van der Waals surface area contributed by atoms with Gasteiger partial charge in [-0.3, -0.25) is 0 Å². The number of fused-ring (bicyclic) bond motifs is 10. The molecule has 1 N–H and O–H groups in total. The molecule has 0 unspecified atom stereocenters. The van der Waals surface area contributed by atoms with Crippen molar-refractivity contribution in [3.8, 4) is 22.3 Å². The third-order valence-electron chi connectivity index (χ3n) is 9.37. The van der Waals surface area contributed by atoms with E-state index in [1.807, 2.05) is 74.5 Å². The van der Waals surface area contributed by atoms with E-state index in [0.29, 0.717) is 0 Å². The molecular weight excluding hydrogens is 552 g/mol. The normalized spacial score (nSPS) is 13.6. The molecule has 8 aromatic rings. The van der Waals surface area contributed by atoms with Crippen molar-refractivity contribution < 1.29 is 13.9 Å². The molecule has 0 aliphatic heterocycles. The SMILES string of the molecule is CC(C)(O)c1ccccc1-c1cccc2c1oc1ccccc12.CC1(C)c2ccccc2-c2c1ccc1c2oc2ccccc21. The van der Waals surface area contributed by atoms with Gasteiger partial charge in [0.15, 0.2) is 0 Å². The van der Waals surface area contributed by atoms with E-state index >= 15 is 0 Å². The van der Waals surface area contributed by atoms with Crippen LogP contribution in [0, 0.1) is 0 Å². The Bertz CT molecular complexity index is 2390. The molecule has 0 fully saturated rings. The summed E-state index contributed by atoms with van der Waals surface area (Å²) in [5, 5.41) is 15.1. The topological polar surface area (TPSA) is 46.5 Å². The molecule has 0 saturated heterocycles. The van der Waals surface area contributed by atoms with E-state index in [4.69, 9.17) is 8.83 Å². The molecule has 220 valence electrons. The van der Waals surface area contributed by atoms with Gasteiger partial charge in [0.1, 0.15) is 22.3 Å². The van der Waals surface area contributed by atoms with E-state index < -0.39 is 5.60 Å². The van der Waals surface area contributed by atoms with E-state index in [-0.39, 0.29) is 5.41 Å². The van der Waals surface area contributed by atoms with Crippen LogP contribution in [0.25, 0.3) is 66.1 Å². The Morgan fingerprint density at radius 2 is 1.02 bits per heavy atom. The van der Waals surface area contributed by atoms with Crippen LogP contribution in [-0.2, 0) is 11.0 Å². The number of hydrogen-bond acceptors (Lipinski definition) is 3. The smallest absolute Gasteiger partial charge is 0.143 e. The monoisotopic (exact) mass is 586 g/mol. The van der Waals surface area contributed by atoms with Crippen LogP contribution >= 0.6 is 0 Å². The summed E-state index contributed by atoms with van der Waals surface area (Å²) in [7, 11) is 0. The maximum absolute atomic E-state index is 10.5. The van der Waals surface area contributed by atoms with Crippen LogP contribution in [0.15, 0.2) is 136 Å². The van der Waals surface area contributed by atoms with E-state index in [9.17, 15) is 5.11 Å². The third kappa shape index (κ3) is 4.22. The van der Waals surface area contributed by atoms with Gasteiger partial charge in [0, 0.05) is 38.1 Å². The number of benzene rings is 6. The lowest BCUT2D eigenvalue weighted by Gasteiger charge is -2.21. The minimum atomic E-state index is -0.912. The van der Waals surface area contributed by atoms with E-state index in [1.165, 1.54) is 33.0 Å². The van der Waals surface area contributed by atoms with Crippen LogP contribution in [0.1, 0.15) is 44.4 Å². The third-order valence-corrected chi connectivity index (χ3v) is 9.37. The van der Waals surface area contributed by atoms with Gasteiger partial charge in [-0.1, -0.05) is 129 Å². The second-order valence-electron chi connectivity index (χ2n) is 13.0. The molecule has 0 amide bonds. The lowest BCUT2D eigenvalue weighted by Crippen LogP contribution is -2.16. The fraction of sp³-hybridized carbons (Fsp3) is 0.143. The van der Waals surface area contributed by atoms with Crippen LogP contribution in [-0.4, -0.2) is 5.11 Å². The summed E-state index contributed by atoms with van der Waals surface area (Å²) in [5.41, 5.74) is 11.1. The first kappa shape index (κ1) is 27.4. The first-order valence-corrected chi connectivity index (χ1v) is 15.5. The van der Waals surface area contributed by atoms with Gasteiger partial charge in [-0.2, -0.15) is 0 Å². The van der Waals surface area contributed by atoms with Gasteiger partial charge in [-0.25, -0.2) is 0 Å². The zero-order valence-corrected chi connectivity index (χ0v) is 25.9. The Morgan fingerprint density at radius 3 is 1.73 bits per heavy atom. The number of rotatable bonds is 2. The summed E-state index contributed by atoms with van der Waals surface area (Å²) in [6.07, 6.45) is 0. The van der Waals surface area contributed by atoms with Crippen LogP contribution < -0.4 is 0 Å². The van der Waals surface area contributed by atoms with Crippen LogP contribution in [0.4, 0.5) is 0 Å². The fourth-order valence-corrected chi connectivity index (χ4v) is 7.18. The quantitative estimate of drug-likeness (QED) is 0.219. The number of hydrogen-bond donors (Lipinski definition) is 1. The Balaban J connectivity index is 0.000000134. The van der Waals surface area contributed by atoms with Crippen molar-refractivity contribution in [2.24, 2.45) is 0 Å². The molecular formula is C42H34O3. The average molecular weight is 587 g/mol. The lowest BCUT2D eigenvalue weighted by atomic mass is 9.82. The van der Waals surface area contributed by atoms with Crippen molar-refractivity contribution in [3.63, 3.8) is 0 Å². The fourth-order valence-electron chi connectivity index (χ4n) is 7.18. The van der Waals surface area contributed by atoms with Gasteiger partial charge in [0.25, 0.3) is 0 Å². The summed E-state index contributed by atoms with van der Waals surface area (Å²) < 4.78 is 12.4. The highest BCUT2D eigenvalue weighted by Gasteiger charge is 2.37. The summed E-state index contributed by atoms with van der Waals surface area (Å²) in [4.78, 5) is 0. The number of para-hydroxylation sites is 3. The first-order valence-electron chi connectivity index (χ1n) is 15.5. The highest BCUT2D eigenvalue weighted by molar-refractivity contribution is 6.12. The van der Waals surface area contributed by atoms with Gasteiger partial charge in [0.2, 0.25) is 0 Å².